The second-order valence-corrected chi connectivity index (χ2v) is 10.2. The molecule has 10 heteroatoms. The zero-order valence-electron chi connectivity index (χ0n) is 18.5. The molecule has 0 aromatic rings. The molecule has 0 radical (unpaired) electrons. The minimum atomic E-state index is -4.54. The first-order valence-electron chi connectivity index (χ1n) is 11.4. The fourth-order valence-electron chi connectivity index (χ4n) is 3.44. The van der Waals surface area contributed by atoms with Crippen LogP contribution in [0.3, 0.4) is 0 Å². The quantitative estimate of drug-likeness (QED) is 0.155. The van der Waals surface area contributed by atoms with Gasteiger partial charge in [0, 0.05) is 0 Å². The molecule has 1 atom stereocenters. The summed E-state index contributed by atoms with van der Waals surface area (Å²) >= 11 is 0. The molecule has 0 aromatic heterocycles. The average Bonchev–Trinajstić information content (AvgIpc) is 2.64. The van der Waals surface area contributed by atoms with Gasteiger partial charge in [-0.25, -0.2) is 8.37 Å². The molecule has 0 aliphatic heterocycles. The van der Waals surface area contributed by atoms with Gasteiger partial charge in [0.05, 0.1) is 13.2 Å². The fraction of sp³-hybridized carbons (Fsp3) is 1.00. The molecule has 1 unspecified atom stereocenters. The van der Waals surface area contributed by atoms with Crippen LogP contribution in [0, 0.1) is 5.92 Å². The Kier molecular flexibility index (Phi) is 18.2. The van der Waals surface area contributed by atoms with E-state index in [1.165, 1.54) is 70.6 Å². The Bertz CT molecular complexity index is 590. The van der Waals surface area contributed by atoms with E-state index in [9.17, 15) is 16.8 Å². The van der Waals surface area contributed by atoms with Crippen LogP contribution in [0.25, 0.3) is 0 Å². The molecule has 0 aliphatic rings. The zero-order valence-corrected chi connectivity index (χ0v) is 20.1. The monoisotopic (exact) mass is 474 g/mol. The van der Waals surface area contributed by atoms with Crippen molar-refractivity contribution in [1.29, 1.82) is 0 Å². The SMILES string of the molecule is CCCCCCCCCCCCCCCCC(CCOS(=O)(=O)O)COS(=O)(=O)O. The minimum Gasteiger partial charge on any atom is -0.264 e. The van der Waals surface area contributed by atoms with Gasteiger partial charge in [-0.05, 0) is 18.8 Å². The Morgan fingerprint density at radius 1 is 0.600 bits per heavy atom. The Morgan fingerprint density at radius 2 is 1.00 bits per heavy atom. The molecule has 0 aromatic carbocycles. The van der Waals surface area contributed by atoms with E-state index in [0.29, 0.717) is 6.42 Å². The van der Waals surface area contributed by atoms with Gasteiger partial charge in [0.15, 0.2) is 0 Å². The molecular weight excluding hydrogens is 432 g/mol. The lowest BCUT2D eigenvalue weighted by Gasteiger charge is -2.15. The van der Waals surface area contributed by atoms with Crippen molar-refractivity contribution in [3.05, 3.63) is 0 Å². The van der Waals surface area contributed by atoms with Gasteiger partial charge in [-0.2, -0.15) is 16.8 Å². The van der Waals surface area contributed by atoms with Crippen LogP contribution in [0.5, 0.6) is 0 Å². The highest BCUT2D eigenvalue weighted by Crippen LogP contribution is 2.18. The first kappa shape index (κ1) is 29.7. The van der Waals surface area contributed by atoms with Crippen LogP contribution in [0.15, 0.2) is 0 Å². The molecule has 0 amide bonds. The summed E-state index contributed by atoms with van der Waals surface area (Å²) in [6.07, 6.45) is 18.2. The van der Waals surface area contributed by atoms with E-state index in [1.807, 2.05) is 0 Å². The van der Waals surface area contributed by atoms with Gasteiger partial charge < -0.3 is 0 Å². The van der Waals surface area contributed by atoms with E-state index < -0.39 is 20.8 Å². The van der Waals surface area contributed by atoms with Crippen molar-refractivity contribution in [3.8, 4) is 0 Å². The number of hydrogen-bond donors (Lipinski definition) is 2. The van der Waals surface area contributed by atoms with Gasteiger partial charge >= 0.3 is 20.8 Å². The van der Waals surface area contributed by atoms with Gasteiger partial charge in [0.25, 0.3) is 0 Å². The summed E-state index contributed by atoms with van der Waals surface area (Å²) in [5, 5.41) is 0. The van der Waals surface area contributed by atoms with Gasteiger partial charge in [0.2, 0.25) is 0 Å². The van der Waals surface area contributed by atoms with E-state index in [4.69, 9.17) is 9.11 Å². The van der Waals surface area contributed by atoms with Gasteiger partial charge in [-0.3, -0.25) is 9.11 Å². The minimum absolute atomic E-state index is 0.202. The third kappa shape index (κ3) is 24.0. The van der Waals surface area contributed by atoms with Gasteiger partial charge in [-0.1, -0.05) is 96.8 Å². The standard InChI is InChI=1S/C20H42O8S2/c1-2-3-4-5-6-7-8-9-10-11-12-13-14-15-16-20(19-28-30(24,25)26)17-18-27-29(21,22)23/h20H,2-19H2,1H3,(H,21,22,23)(H,24,25,26). The lowest BCUT2D eigenvalue weighted by Crippen LogP contribution is -2.17. The van der Waals surface area contributed by atoms with Crippen LogP contribution in [-0.4, -0.2) is 39.2 Å². The zero-order chi connectivity index (χ0) is 22.7. The van der Waals surface area contributed by atoms with Crippen molar-refractivity contribution < 1.29 is 34.3 Å². The van der Waals surface area contributed by atoms with E-state index >= 15 is 0 Å². The van der Waals surface area contributed by atoms with Crippen LogP contribution < -0.4 is 0 Å². The lowest BCUT2D eigenvalue weighted by atomic mass is 9.98. The normalized spacial score (nSPS) is 13.6. The van der Waals surface area contributed by atoms with E-state index in [1.54, 1.807) is 0 Å². The van der Waals surface area contributed by atoms with Crippen molar-refractivity contribution in [2.45, 2.75) is 110 Å². The van der Waals surface area contributed by atoms with Crippen molar-refractivity contribution in [1.82, 2.24) is 0 Å². The van der Waals surface area contributed by atoms with Crippen molar-refractivity contribution >= 4 is 20.8 Å². The van der Waals surface area contributed by atoms with Crippen molar-refractivity contribution in [3.63, 3.8) is 0 Å². The summed E-state index contributed by atoms with van der Waals surface area (Å²) in [6, 6.07) is 0. The molecule has 0 fully saturated rings. The molecule has 0 spiro atoms. The summed E-state index contributed by atoms with van der Waals surface area (Å²) < 4.78 is 68.6. The number of unbranched alkanes of at least 4 members (excludes halogenated alkanes) is 13. The molecule has 0 rings (SSSR count). The smallest absolute Gasteiger partial charge is 0.264 e. The summed E-state index contributed by atoms with van der Waals surface area (Å²) in [6.45, 7) is 1.72. The maximum Gasteiger partial charge on any atom is 0.397 e. The third-order valence-electron chi connectivity index (χ3n) is 5.18. The first-order chi connectivity index (χ1) is 14.1. The van der Waals surface area contributed by atoms with Crippen molar-refractivity contribution in [2.24, 2.45) is 5.92 Å². The van der Waals surface area contributed by atoms with Crippen LogP contribution >= 0.6 is 0 Å². The highest BCUT2D eigenvalue weighted by Gasteiger charge is 2.15. The van der Waals surface area contributed by atoms with Crippen LogP contribution in [-0.2, 0) is 29.2 Å². The number of hydrogen-bond acceptors (Lipinski definition) is 6. The van der Waals surface area contributed by atoms with Crippen LogP contribution in [0.2, 0.25) is 0 Å². The van der Waals surface area contributed by atoms with Crippen LogP contribution in [0.4, 0.5) is 0 Å². The van der Waals surface area contributed by atoms with E-state index in [2.05, 4.69) is 15.3 Å². The highest BCUT2D eigenvalue weighted by atomic mass is 32.3. The predicted molar refractivity (Wildman–Crippen MR) is 118 cm³/mol. The van der Waals surface area contributed by atoms with Gasteiger partial charge in [0.1, 0.15) is 0 Å². The summed E-state index contributed by atoms with van der Waals surface area (Å²) in [7, 11) is -9.06. The van der Waals surface area contributed by atoms with Crippen molar-refractivity contribution in [2.75, 3.05) is 13.2 Å². The molecule has 2 N–H and O–H groups in total. The lowest BCUT2D eigenvalue weighted by molar-refractivity contribution is 0.179. The maximum absolute atomic E-state index is 10.7. The average molecular weight is 475 g/mol. The molecule has 30 heavy (non-hydrogen) atoms. The molecule has 0 heterocycles. The molecule has 8 nitrogen and oxygen atoms in total. The molecule has 0 aliphatic carbocycles. The largest absolute Gasteiger partial charge is 0.397 e. The molecular formula is C20H42O8S2. The third-order valence-corrected chi connectivity index (χ3v) is 6.08. The van der Waals surface area contributed by atoms with Crippen LogP contribution in [0.1, 0.15) is 110 Å². The summed E-state index contributed by atoms with van der Waals surface area (Å²) in [5.41, 5.74) is 0. The predicted octanol–water partition coefficient (Wildman–Crippen LogP) is 5.50. The van der Waals surface area contributed by atoms with E-state index in [-0.39, 0.29) is 25.6 Å². The number of rotatable bonds is 22. The fourth-order valence-corrected chi connectivity index (χ4v) is 4.11. The van der Waals surface area contributed by atoms with Gasteiger partial charge in [-0.15, -0.1) is 0 Å². The molecule has 0 saturated carbocycles. The highest BCUT2D eigenvalue weighted by molar-refractivity contribution is 7.81. The Hall–Kier alpha value is -0.260. The molecule has 0 saturated heterocycles. The molecule has 182 valence electrons. The Morgan fingerprint density at radius 3 is 1.40 bits per heavy atom. The maximum atomic E-state index is 10.7. The topological polar surface area (TPSA) is 127 Å². The second kappa shape index (κ2) is 18.3. The molecule has 0 bridgehead atoms. The second-order valence-electron chi connectivity index (χ2n) is 8.00. The Balaban J connectivity index is 3.73. The first-order valence-corrected chi connectivity index (χ1v) is 14.1. The summed E-state index contributed by atoms with van der Waals surface area (Å²) in [4.78, 5) is 0. The summed E-state index contributed by atoms with van der Waals surface area (Å²) in [5.74, 6) is -0.286. The Labute approximate surface area is 184 Å². The van der Waals surface area contributed by atoms with E-state index in [0.717, 1.165) is 19.3 Å².